The van der Waals surface area contributed by atoms with Gasteiger partial charge in [0.05, 0.1) is 4.90 Å². The molecule has 0 saturated heterocycles. The predicted octanol–water partition coefficient (Wildman–Crippen LogP) is 3.23. The highest BCUT2D eigenvalue weighted by Crippen LogP contribution is 2.39. The summed E-state index contributed by atoms with van der Waals surface area (Å²) in [6.45, 7) is 1.87. The van der Waals surface area contributed by atoms with Gasteiger partial charge in [0.25, 0.3) is 19.1 Å². The fourth-order valence-corrected chi connectivity index (χ4v) is 4.86. The number of benzene rings is 1. The predicted molar refractivity (Wildman–Crippen MR) is 87.8 cm³/mol. The summed E-state index contributed by atoms with van der Waals surface area (Å²) in [6.07, 6.45) is 3.79. The van der Waals surface area contributed by atoms with Gasteiger partial charge >= 0.3 is 0 Å². The lowest BCUT2D eigenvalue weighted by atomic mass is 9.83. The van der Waals surface area contributed by atoms with E-state index in [1.54, 1.807) is 12.1 Å². The lowest BCUT2D eigenvalue weighted by Gasteiger charge is -2.26. The van der Waals surface area contributed by atoms with Crippen LogP contribution in [0.1, 0.15) is 36.4 Å². The van der Waals surface area contributed by atoms with Crippen LogP contribution in [0.4, 0.5) is 0 Å². The van der Waals surface area contributed by atoms with Gasteiger partial charge in [-0.3, -0.25) is 0 Å². The standard InChI is InChI=1S/C15H16ClNO4S2/c1-11-5-7-13(8-6-11)23(20,21)17-10-14(22(16,18)19)9-15(17)12-3-2-4-12/h5-10,12H,2-4H2,1H3. The molecule has 0 spiro atoms. The molecule has 0 aliphatic heterocycles. The van der Waals surface area contributed by atoms with E-state index < -0.39 is 19.1 Å². The van der Waals surface area contributed by atoms with Crippen molar-refractivity contribution in [2.24, 2.45) is 0 Å². The van der Waals surface area contributed by atoms with Gasteiger partial charge in [0.1, 0.15) is 4.90 Å². The molecule has 1 heterocycles. The largest absolute Gasteiger partial charge is 0.267 e. The van der Waals surface area contributed by atoms with Crippen molar-refractivity contribution >= 4 is 29.8 Å². The maximum absolute atomic E-state index is 12.9. The van der Waals surface area contributed by atoms with Gasteiger partial charge in [0.15, 0.2) is 0 Å². The smallest absolute Gasteiger partial charge is 0.244 e. The van der Waals surface area contributed by atoms with Crippen LogP contribution in [0.5, 0.6) is 0 Å². The maximum Gasteiger partial charge on any atom is 0.267 e. The minimum absolute atomic E-state index is 0.0439. The van der Waals surface area contributed by atoms with Crippen molar-refractivity contribution in [3.63, 3.8) is 0 Å². The van der Waals surface area contributed by atoms with E-state index in [1.165, 1.54) is 18.2 Å². The summed E-state index contributed by atoms with van der Waals surface area (Å²) in [6, 6.07) is 7.82. The molecule has 23 heavy (non-hydrogen) atoms. The highest BCUT2D eigenvalue weighted by molar-refractivity contribution is 8.13. The first-order chi connectivity index (χ1) is 10.7. The van der Waals surface area contributed by atoms with Crippen molar-refractivity contribution in [1.82, 2.24) is 3.97 Å². The van der Waals surface area contributed by atoms with Crippen LogP contribution in [0.2, 0.25) is 0 Å². The highest BCUT2D eigenvalue weighted by Gasteiger charge is 2.30. The number of hydrogen-bond donors (Lipinski definition) is 0. The lowest BCUT2D eigenvalue weighted by Crippen LogP contribution is -2.20. The van der Waals surface area contributed by atoms with E-state index in [4.69, 9.17) is 10.7 Å². The lowest BCUT2D eigenvalue weighted by molar-refractivity contribution is 0.408. The van der Waals surface area contributed by atoms with Crippen LogP contribution in [0.25, 0.3) is 0 Å². The second-order valence-corrected chi connectivity index (χ2v) is 10.2. The fraction of sp³-hybridized carbons (Fsp3) is 0.333. The molecule has 124 valence electrons. The van der Waals surface area contributed by atoms with E-state index >= 15 is 0 Å². The van der Waals surface area contributed by atoms with Crippen molar-refractivity contribution in [3.8, 4) is 0 Å². The summed E-state index contributed by atoms with van der Waals surface area (Å²) in [5.74, 6) is 0.0439. The molecule has 1 saturated carbocycles. The number of aryl methyl sites for hydroxylation is 1. The van der Waals surface area contributed by atoms with E-state index in [-0.39, 0.29) is 15.7 Å². The van der Waals surface area contributed by atoms with Gasteiger partial charge in [-0.2, -0.15) is 0 Å². The molecule has 5 nitrogen and oxygen atoms in total. The molecule has 0 amide bonds. The minimum Gasteiger partial charge on any atom is -0.244 e. The van der Waals surface area contributed by atoms with Crippen molar-refractivity contribution in [2.75, 3.05) is 0 Å². The Kier molecular flexibility index (Phi) is 4.06. The topological polar surface area (TPSA) is 73.2 Å². The van der Waals surface area contributed by atoms with Gasteiger partial charge in [0.2, 0.25) is 0 Å². The molecule has 0 atom stereocenters. The molecule has 1 aromatic heterocycles. The molecule has 1 aromatic carbocycles. The number of rotatable bonds is 4. The Morgan fingerprint density at radius 2 is 1.65 bits per heavy atom. The van der Waals surface area contributed by atoms with E-state index in [2.05, 4.69) is 0 Å². The second-order valence-electron chi connectivity index (χ2n) is 5.78. The zero-order valence-electron chi connectivity index (χ0n) is 12.4. The zero-order valence-corrected chi connectivity index (χ0v) is 14.8. The molecule has 0 bridgehead atoms. The SMILES string of the molecule is Cc1ccc(S(=O)(=O)n2cc(S(=O)(=O)Cl)cc2C2CCC2)cc1. The van der Waals surface area contributed by atoms with E-state index in [9.17, 15) is 16.8 Å². The summed E-state index contributed by atoms with van der Waals surface area (Å²) >= 11 is 0. The fourth-order valence-electron chi connectivity index (χ4n) is 2.60. The third-order valence-corrected chi connectivity index (χ3v) is 7.19. The Morgan fingerprint density at radius 1 is 1.04 bits per heavy atom. The number of hydrogen-bond acceptors (Lipinski definition) is 4. The van der Waals surface area contributed by atoms with Crippen molar-refractivity contribution < 1.29 is 16.8 Å². The third-order valence-electron chi connectivity index (χ3n) is 4.17. The first-order valence-electron chi connectivity index (χ1n) is 7.19. The van der Waals surface area contributed by atoms with Gasteiger partial charge in [-0.15, -0.1) is 0 Å². The number of nitrogens with zero attached hydrogens (tertiary/aromatic N) is 1. The first-order valence-corrected chi connectivity index (χ1v) is 10.9. The van der Waals surface area contributed by atoms with Crippen LogP contribution in [0, 0.1) is 6.92 Å². The molecule has 2 aromatic rings. The van der Waals surface area contributed by atoms with Crippen molar-refractivity contribution in [3.05, 3.63) is 47.8 Å². The van der Waals surface area contributed by atoms with Crippen LogP contribution in [-0.4, -0.2) is 20.8 Å². The molecule has 3 rings (SSSR count). The molecule has 1 aliphatic carbocycles. The normalized spacial score (nSPS) is 16.3. The second kappa shape index (κ2) is 5.65. The monoisotopic (exact) mass is 373 g/mol. The van der Waals surface area contributed by atoms with Gasteiger partial charge in [-0.1, -0.05) is 24.1 Å². The zero-order chi connectivity index (χ0) is 16.8. The molecule has 0 unspecified atom stereocenters. The Bertz CT molecular complexity index is 940. The summed E-state index contributed by atoms with van der Waals surface area (Å²) in [4.78, 5) is -0.0606. The van der Waals surface area contributed by atoms with Crippen LogP contribution in [0.15, 0.2) is 46.3 Å². The molecule has 1 fully saturated rings. The van der Waals surface area contributed by atoms with Gasteiger partial charge in [-0.25, -0.2) is 20.8 Å². The average molecular weight is 374 g/mol. The summed E-state index contributed by atoms with van der Waals surface area (Å²) in [5.41, 5.74) is 1.43. The summed E-state index contributed by atoms with van der Waals surface area (Å²) < 4.78 is 50.0. The van der Waals surface area contributed by atoms with Crippen LogP contribution >= 0.6 is 10.7 Å². The third kappa shape index (κ3) is 3.05. The van der Waals surface area contributed by atoms with Crippen LogP contribution in [0.3, 0.4) is 0 Å². The molecule has 1 aliphatic rings. The molecule has 8 heteroatoms. The van der Waals surface area contributed by atoms with Crippen molar-refractivity contribution in [2.45, 2.75) is 41.9 Å². The van der Waals surface area contributed by atoms with Gasteiger partial charge in [0, 0.05) is 28.5 Å². The summed E-state index contributed by atoms with van der Waals surface area (Å²) in [7, 11) is -2.45. The van der Waals surface area contributed by atoms with Crippen molar-refractivity contribution in [1.29, 1.82) is 0 Å². The van der Waals surface area contributed by atoms with E-state index in [1.807, 2.05) is 6.92 Å². The quantitative estimate of drug-likeness (QED) is 0.771. The molecule has 0 N–H and O–H groups in total. The Hall–Kier alpha value is -1.31. The van der Waals surface area contributed by atoms with E-state index in [0.29, 0.717) is 5.69 Å². The Labute approximate surface area is 140 Å². The minimum atomic E-state index is -3.98. The molecular weight excluding hydrogens is 358 g/mol. The van der Waals surface area contributed by atoms with E-state index in [0.717, 1.165) is 35.0 Å². The number of aromatic nitrogens is 1. The molecule has 0 radical (unpaired) electrons. The Morgan fingerprint density at radius 3 is 2.13 bits per heavy atom. The number of halogens is 1. The Balaban J connectivity index is 2.17. The summed E-state index contributed by atoms with van der Waals surface area (Å²) in [5, 5.41) is 0. The maximum atomic E-state index is 12.9. The van der Waals surface area contributed by atoms with Crippen LogP contribution < -0.4 is 0 Å². The van der Waals surface area contributed by atoms with Gasteiger partial charge in [-0.05, 0) is 38.0 Å². The van der Waals surface area contributed by atoms with Crippen LogP contribution in [-0.2, 0) is 19.1 Å². The van der Waals surface area contributed by atoms with Gasteiger partial charge < -0.3 is 0 Å². The first kappa shape index (κ1) is 16.5. The highest BCUT2D eigenvalue weighted by atomic mass is 35.7. The average Bonchev–Trinajstić information content (AvgIpc) is 2.82. The molecular formula is C15H16ClNO4S2.